The number of piperidine rings is 3. The normalized spacial score (nSPS) is 16.0. The highest BCUT2D eigenvalue weighted by molar-refractivity contribution is 8.00. The molecule has 0 amide bonds. The third-order valence-electron chi connectivity index (χ3n) is 20.7. The number of nitrogens with zero attached hydrogens (tertiary/aromatic N) is 13. The number of ether oxygens (including phenoxy) is 3. The van der Waals surface area contributed by atoms with Crippen LogP contribution in [0.1, 0.15) is 147 Å². The molecule has 0 aliphatic carbocycles. The Kier molecular flexibility index (Phi) is 26.4. The third kappa shape index (κ3) is 20.9. The number of hydrogen-bond donors (Lipinski definition) is 4. The van der Waals surface area contributed by atoms with Crippen molar-refractivity contribution in [1.29, 1.82) is 21.0 Å². The number of aryl methyl sites for hydroxylation is 9. The molecule has 3 saturated heterocycles. The van der Waals surface area contributed by atoms with Crippen molar-refractivity contribution in [3.63, 3.8) is 0 Å². The van der Waals surface area contributed by atoms with Gasteiger partial charge in [0.2, 0.25) is 35.5 Å². The number of thioether (sulfide) groups is 3. The number of rotatable bonds is 19. The van der Waals surface area contributed by atoms with Gasteiger partial charge in [-0.15, -0.1) is 35.3 Å². The summed E-state index contributed by atoms with van der Waals surface area (Å²) in [6, 6.07) is 44.7. The molecule has 3 aromatic heterocycles. The van der Waals surface area contributed by atoms with Crippen LogP contribution in [-0.2, 0) is 47.9 Å². The molecular weight excluding hydrogens is 1480 g/mol. The van der Waals surface area contributed by atoms with Gasteiger partial charge < -0.3 is 40.8 Å². The predicted octanol–water partition coefficient (Wildman–Crippen LogP) is 16.6. The number of nitrogens with two attached hydrogens (primary N) is 1. The van der Waals surface area contributed by atoms with Crippen LogP contribution in [-0.4, -0.2) is 129 Å². The summed E-state index contributed by atoms with van der Waals surface area (Å²) < 4.78 is 42.3. The van der Waals surface area contributed by atoms with E-state index in [-0.39, 0.29) is 17.8 Å². The maximum atomic E-state index is 11.5. The van der Waals surface area contributed by atoms with E-state index in [4.69, 9.17) is 49.8 Å². The molecule has 0 spiro atoms. The second-order valence-corrected chi connectivity index (χ2v) is 35.2. The first-order valence-electron chi connectivity index (χ1n) is 38.5. The van der Waals surface area contributed by atoms with Crippen LogP contribution in [0.15, 0.2) is 124 Å². The van der Waals surface area contributed by atoms with Gasteiger partial charge in [0.25, 0.3) is 0 Å². The molecule has 15 rings (SSSR count). The van der Waals surface area contributed by atoms with Crippen molar-refractivity contribution in [2.45, 2.75) is 170 Å². The van der Waals surface area contributed by atoms with Crippen molar-refractivity contribution in [2.75, 3.05) is 89.4 Å². The molecule has 9 heterocycles. The quantitative estimate of drug-likeness (QED) is 0.0547. The Morgan fingerprint density at radius 1 is 0.446 bits per heavy atom. The highest BCUT2D eigenvalue weighted by Crippen LogP contribution is 2.44. The molecule has 3 fully saturated rings. The molecule has 0 saturated carbocycles. The predicted molar refractivity (Wildman–Crippen MR) is 445 cm³/mol. The number of benzene rings is 6. The molecule has 5 N–H and O–H groups in total. The van der Waals surface area contributed by atoms with Crippen molar-refractivity contribution < 1.29 is 22.6 Å². The number of sulfone groups is 1. The average molecular weight is 1580 g/mol. The second-order valence-electron chi connectivity index (χ2n) is 29.8. The van der Waals surface area contributed by atoms with Gasteiger partial charge in [0.05, 0.1) is 84.1 Å². The molecule has 0 radical (unpaired) electrons. The molecule has 0 unspecified atom stereocenters. The fourth-order valence-corrected chi connectivity index (χ4v) is 18.9. The number of aromatic nitrogens is 6. The minimum atomic E-state index is -3.03. The Labute approximate surface area is 670 Å². The minimum Gasteiger partial charge on any atom is -0.437 e. The molecular formula is C86H95N17O5S4. The van der Waals surface area contributed by atoms with Crippen LogP contribution in [0.25, 0.3) is 0 Å². The molecule has 6 aromatic carbocycles. The molecule has 578 valence electrons. The summed E-state index contributed by atoms with van der Waals surface area (Å²) in [4.78, 5) is 39.4. The topological polar surface area (TPSA) is 306 Å². The molecule has 0 bridgehead atoms. The number of anilines is 5. The van der Waals surface area contributed by atoms with Crippen molar-refractivity contribution in [2.24, 2.45) is 0 Å². The first-order chi connectivity index (χ1) is 54.2. The van der Waals surface area contributed by atoms with Gasteiger partial charge in [-0.3, -0.25) is 9.80 Å². The van der Waals surface area contributed by atoms with Crippen molar-refractivity contribution >= 4 is 74.3 Å². The number of likely N-dealkylation sites (tertiary alicyclic amines) is 2. The summed E-state index contributed by atoms with van der Waals surface area (Å²) in [7, 11) is -3.03. The summed E-state index contributed by atoms with van der Waals surface area (Å²) in [6.45, 7) is 19.3. The van der Waals surface area contributed by atoms with Gasteiger partial charge in [0, 0.05) is 88.1 Å². The largest absolute Gasteiger partial charge is 0.437 e. The molecule has 0 atom stereocenters. The molecule has 6 aliphatic rings. The number of nitrogen functional groups attached to an aromatic ring is 1. The number of nitriles is 4. The SMILES string of the molecule is Cc1cc(C#N)cc(C)c1Oc1nc(NC2CCN(Cc3ccc(CS(C)(=O)=O)cc3)CC2)nc2c1SCCC2.Cc1cc(C#N)cc(C)c1Oc1nc(NC2CCN(Cc3ccc(N)cc3)CC2)nc2c1SCCC2.Cc1cc(C#N)cc(C)c1Oc1nc(NC2CCN(c3cccc(C#N)c3)CC2)nc2c1SCCC2. The van der Waals surface area contributed by atoms with E-state index in [2.05, 4.69) is 73.1 Å². The first kappa shape index (κ1) is 79.9. The van der Waals surface area contributed by atoms with E-state index in [1.165, 1.54) is 17.4 Å². The maximum Gasteiger partial charge on any atom is 0.238 e. The van der Waals surface area contributed by atoms with Crippen LogP contribution >= 0.6 is 35.3 Å². The summed E-state index contributed by atoms with van der Waals surface area (Å²) in [5.74, 6) is 9.08. The van der Waals surface area contributed by atoms with Crippen molar-refractivity contribution in [3.8, 4) is 59.2 Å². The summed E-state index contributed by atoms with van der Waals surface area (Å²) >= 11 is 5.26. The molecule has 26 heteroatoms. The summed E-state index contributed by atoms with van der Waals surface area (Å²) in [6.07, 6.45) is 13.2. The fraction of sp³-hybridized carbons (Fsp3) is 0.395. The monoisotopic (exact) mass is 1570 g/mol. The van der Waals surface area contributed by atoms with E-state index in [1.807, 2.05) is 133 Å². The zero-order valence-electron chi connectivity index (χ0n) is 64.7. The standard InChI is InChI=1S/C30H35N5O3S2.C28H28N6OS.C28H32N6OS/c1-20-15-24(17-31)16-21(2)27(20)38-29-28-26(5-4-14-39-28)33-30(34-29)32-25-10-12-35(13-11-25)18-22-6-8-23(9-7-22)19-40(3,36)37;1-18-13-21(17-30)14-19(2)25(18)35-27-26-24(7-4-12-36-26)32-28(33-27)31-22-8-10-34(11-9-22)23-6-3-5-20(15-23)16-29;1-18-14-21(16-29)15-19(2)25(18)35-27-26-24(4-3-13-36-26)32-28(33-27)31-23-9-11-34(12-10-23)17-20-5-7-22(30)8-6-20/h6-9,15-16,25H,4-5,10-14,18-19H2,1-3H3,(H,32,33,34);3,5-6,13-15,22H,4,7-12H2,1-2H3,(H,31,32,33);5-8,14-15,23H,3-4,9-13,17,30H2,1-2H3,(H,31,32,33). The molecule has 112 heavy (non-hydrogen) atoms. The van der Waals surface area contributed by atoms with E-state index in [1.54, 1.807) is 35.3 Å². The lowest BCUT2D eigenvalue weighted by molar-refractivity contribution is 0.211. The Balaban J connectivity index is 0.000000147. The van der Waals surface area contributed by atoms with Gasteiger partial charge in [0.15, 0.2) is 9.84 Å². The van der Waals surface area contributed by atoms with Crippen molar-refractivity contribution in [3.05, 3.63) is 199 Å². The van der Waals surface area contributed by atoms with Gasteiger partial charge in [-0.25, -0.2) is 23.4 Å². The van der Waals surface area contributed by atoms with Gasteiger partial charge in [0.1, 0.15) is 17.2 Å². The first-order valence-corrected chi connectivity index (χ1v) is 43.5. The summed E-state index contributed by atoms with van der Waals surface area (Å²) in [5, 5.41) is 47.8. The Morgan fingerprint density at radius 2 is 0.777 bits per heavy atom. The van der Waals surface area contributed by atoms with E-state index < -0.39 is 9.84 Å². The Hall–Kier alpha value is -10.2. The molecule has 22 nitrogen and oxygen atoms in total. The fourth-order valence-electron chi connectivity index (χ4n) is 15.1. The highest BCUT2D eigenvalue weighted by Gasteiger charge is 2.30. The zero-order valence-corrected chi connectivity index (χ0v) is 67.9. The van der Waals surface area contributed by atoms with E-state index in [0.717, 1.165) is 246 Å². The molecule has 9 aromatic rings. The average Bonchev–Trinajstić information content (AvgIpc) is 0.799. The smallest absolute Gasteiger partial charge is 0.238 e. The molecule has 6 aliphatic heterocycles. The zero-order chi connectivity index (χ0) is 78.4. The van der Waals surface area contributed by atoms with Crippen molar-refractivity contribution in [1.82, 2.24) is 39.7 Å². The lowest BCUT2D eigenvalue weighted by Gasteiger charge is -2.34. The number of nitrogens with one attached hydrogen (secondary N) is 3. The Bertz CT molecular complexity index is 5120. The van der Waals surface area contributed by atoms with Crippen LogP contribution in [0.4, 0.5) is 29.2 Å². The second kappa shape index (κ2) is 37.0. The van der Waals surface area contributed by atoms with Gasteiger partial charge in [-0.2, -0.15) is 36.0 Å². The summed E-state index contributed by atoms with van der Waals surface area (Å²) in [5.41, 5.74) is 22.3. The van der Waals surface area contributed by atoms with E-state index in [0.29, 0.717) is 63.8 Å². The van der Waals surface area contributed by atoms with Gasteiger partial charge in [-0.05, 0) is 253 Å². The van der Waals surface area contributed by atoms with Crippen LogP contribution in [0, 0.1) is 86.9 Å². The van der Waals surface area contributed by atoms with Crippen LogP contribution in [0.2, 0.25) is 0 Å². The van der Waals surface area contributed by atoms with Gasteiger partial charge >= 0.3 is 0 Å². The maximum absolute atomic E-state index is 11.5. The van der Waals surface area contributed by atoms with E-state index in [9.17, 15) is 29.5 Å². The Morgan fingerprint density at radius 3 is 1.12 bits per heavy atom. The number of hydrogen-bond acceptors (Lipinski definition) is 25. The van der Waals surface area contributed by atoms with Crippen LogP contribution in [0.3, 0.4) is 0 Å². The third-order valence-corrected chi connectivity index (χ3v) is 25.2. The lowest BCUT2D eigenvalue weighted by atomic mass is 10.0. The highest BCUT2D eigenvalue weighted by atomic mass is 32.2. The minimum absolute atomic E-state index is 0.0766. The number of fused-ring (bicyclic) bond motifs is 3. The lowest BCUT2D eigenvalue weighted by Crippen LogP contribution is -2.39. The van der Waals surface area contributed by atoms with Gasteiger partial charge in [-0.1, -0.05) is 42.5 Å². The van der Waals surface area contributed by atoms with Crippen LogP contribution in [0.5, 0.6) is 34.9 Å². The van der Waals surface area contributed by atoms with Crippen LogP contribution < -0.4 is 40.8 Å². The van der Waals surface area contributed by atoms with E-state index >= 15 is 0 Å².